The largest absolute Gasteiger partial charge is 0.481 e. The van der Waals surface area contributed by atoms with Crippen LogP contribution in [-0.4, -0.2) is 28.4 Å². The number of hydrogen-bond acceptors (Lipinski definition) is 4. The molecule has 25 heavy (non-hydrogen) atoms. The zero-order chi connectivity index (χ0) is 18.4. The number of carboxylic acids is 1. The van der Waals surface area contributed by atoms with Crippen LogP contribution < -0.4 is 0 Å². The van der Waals surface area contributed by atoms with Crippen LogP contribution in [0.15, 0.2) is 23.3 Å². The van der Waals surface area contributed by atoms with Gasteiger partial charge in [-0.2, -0.15) is 0 Å². The average molecular weight is 348 g/mol. The van der Waals surface area contributed by atoms with Crippen molar-refractivity contribution in [3.8, 4) is 0 Å². The molecule has 0 radical (unpaired) electrons. The third-order valence-electron chi connectivity index (χ3n) is 7.06. The third-order valence-corrected chi connectivity index (χ3v) is 7.06. The van der Waals surface area contributed by atoms with Crippen LogP contribution in [-0.2, 0) is 14.3 Å². The van der Waals surface area contributed by atoms with E-state index in [1.807, 2.05) is 6.92 Å². The second-order valence-electron chi connectivity index (χ2n) is 8.42. The lowest BCUT2D eigenvalue weighted by Gasteiger charge is -2.56. The minimum Gasteiger partial charge on any atom is -0.481 e. The molecule has 1 saturated carbocycles. The SMILES string of the molecule is CC1=CCC2C(C)(C(=O)O)CCCC2(C)C1CCC1=CC(=O)OC1O. The van der Waals surface area contributed by atoms with Crippen LogP contribution in [0.4, 0.5) is 0 Å². The number of aliphatic hydroxyl groups is 1. The Kier molecular flexibility index (Phi) is 4.56. The summed E-state index contributed by atoms with van der Waals surface area (Å²) in [5.41, 5.74) is 1.17. The van der Waals surface area contributed by atoms with Crippen molar-refractivity contribution in [2.24, 2.45) is 22.7 Å². The molecule has 1 fully saturated rings. The zero-order valence-corrected chi connectivity index (χ0v) is 15.2. The molecule has 0 aromatic carbocycles. The fourth-order valence-corrected chi connectivity index (χ4v) is 5.59. The molecule has 0 aromatic heterocycles. The highest BCUT2D eigenvalue weighted by Crippen LogP contribution is 2.60. The summed E-state index contributed by atoms with van der Waals surface area (Å²) in [4.78, 5) is 23.3. The number of carbonyl (C=O) groups excluding carboxylic acids is 1. The van der Waals surface area contributed by atoms with Gasteiger partial charge in [0, 0.05) is 11.6 Å². The van der Waals surface area contributed by atoms with Gasteiger partial charge in [0.05, 0.1) is 5.41 Å². The molecular formula is C20H28O5. The third kappa shape index (κ3) is 2.92. The Labute approximate surface area is 148 Å². The zero-order valence-electron chi connectivity index (χ0n) is 15.2. The van der Waals surface area contributed by atoms with Crippen molar-refractivity contribution in [1.29, 1.82) is 0 Å². The number of aliphatic carboxylic acids is 1. The van der Waals surface area contributed by atoms with Crippen molar-refractivity contribution >= 4 is 11.9 Å². The highest BCUT2D eigenvalue weighted by atomic mass is 16.6. The topological polar surface area (TPSA) is 83.8 Å². The van der Waals surface area contributed by atoms with Gasteiger partial charge in [0.2, 0.25) is 6.29 Å². The number of fused-ring (bicyclic) bond motifs is 1. The molecule has 0 aromatic rings. The first kappa shape index (κ1) is 18.2. The molecule has 138 valence electrons. The van der Waals surface area contributed by atoms with E-state index in [-0.39, 0.29) is 17.3 Å². The summed E-state index contributed by atoms with van der Waals surface area (Å²) in [6.45, 7) is 6.26. The maximum atomic E-state index is 12.0. The summed E-state index contributed by atoms with van der Waals surface area (Å²) in [6, 6.07) is 0. The van der Waals surface area contributed by atoms with Crippen LogP contribution in [0, 0.1) is 22.7 Å². The Morgan fingerprint density at radius 1 is 1.36 bits per heavy atom. The Bertz CT molecular complexity index is 648. The Hall–Kier alpha value is -1.62. The molecule has 0 amide bonds. The first-order valence-electron chi connectivity index (χ1n) is 9.17. The lowest BCUT2D eigenvalue weighted by molar-refractivity contribution is -0.162. The van der Waals surface area contributed by atoms with Gasteiger partial charge >= 0.3 is 11.9 Å². The second-order valence-corrected chi connectivity index (χ2v) is 8.42. The van der Waals surface area contributed by atoms with Crippen molar-refractivity contribution in [3.63, 3.8) is 0 Å². The van der Waals surface area contributed by atoms with E-state index < -0.39 is 23.6 Å². The van der Waals surface area contributed by atoms with E-state index in [1.165, 1.54) is 11.6 Å². The van der Waals surface area contributed by atoms with Crippen molar-refractivity contribution in [3.05, 3.63) is 23.3 Å². The van der Waals surface area contributed by atoms with Crippen molar-refractivity contribution < 1.29 is 24.5 Å². The van der Waals surface area contributed by atoms with Crippen LogP contribution in [0.25, 0.3) is 0 Å². The maximum Gasteiger partial charge on any atom is 0.333 e. The monoisotopic (exact) mass is 348 g/mol. The number of hydrogen-bond donors (Lipinski definition) is 2. The van der Waals surface area contributed by atoms with E-state index in [0.29, 0.717) is 12.0 Å². The van der Waals surface area contributed by atoms with E-state index in [9.17, 15) is 19.8 Å². The lowest BCUT2D eigenvalue weighted by Crippen LogP contribution is -2.52. The molecule has 5 heteroatoms. The molecule has 2 aliphatic carbocycles. The van der Waals surface area contributed by atoms with Crippen LogP contribution in [0.5, 0.6) is 0 Å². The number of ether oxygens (including phenoxy) is 1. The normalized spacial score (nSPS) is 40.8. The van der Waals surface area contributed by atoms with E-state index in [2.05, 4.69) is 19.9 Å². The highest BCUT2D eigenvalue weighted by molar-refractivity contribution is 5.85. The number of allylic oxidation sites excluding steroid dienone is 2. The smallest absolute Gasteiger partial charge is 0.333 e. The van der Waals surface area contributed by atoms with Gasteiger partial charge in [-0.25, -0.2) is 4.79 Å². The molecule has 0 spiro atoms. The molecule has 1 aliphatic heterocycles. The summed E-state index contributed by atoms with van der Waals surface area (Å²) >= 11 is 0. The van der Waals surface area contributed by atoms with Gasteiger partial charge in [-0.1, -0.05) is 25.0 Å². The van der Waals surface area contributed by atoms with Crippen molar-refractivity contribution in [2.75, 3.05) is 0 Å². The van der Waals surface area contributed by atoms with Gasteiger partial charge in [-0.3, -0.25) is 4.79 Å². The summed E-state index contributed by atoms with van der Waals surface area (Å²) in [7, 11) is 0. The maximum absolute atomic E-state index is 12.0. The van der Waals surface area contributed by atoms with Crippen LogP contribution in [0.1, 0.15) is 59.3 Å². The minimum absolute atomic E-state index is 0.0702. The summed E-state index contributed by atoms with van der Waals surface area (Å²) in [6.07, 6.45) is 7.33. The number of rotatable bonds is 4. The molecular weight excluding hydrogens is 320 g/mol. The van der Waals surface area contributed by atoms with Crippen molar-refractivity contribution in [2.45, 2.75) is 65.6 Å². The fraction of sp³-hybridized carbons (Fsp3) is 0.700. The van der Waals surface area contributed by atoms with Crippen LogP contribution in [0.2, 0.25) is 0 Å². The number of aliphatic hydroxyl groups excluding tert-OH is 1. The molecule has 5 atom stereocenters. The Morgan fingerprint density at radius 3 is 2.68 bits per heavy atom. The average Bonchev–Trinajstić information content (AvgIpc) is 2.84. The van der Waals surface area contributed by atoms with Gasteiger partial charge < -0.3 is 14.9 Å². The molecule has 2 N–H and O–H groups in total. The minimum atomic E-state index is -1.13. The number of esters is 1. The van der Waals surface area contributed by atoms with E-state index in [0.717, 1.165) is 32.1 Å². The first-order chi connectivity index (χ1) is 11.7. The number of carboxylic acid groups (broad SMARTS) is 1. The molecule has 0 bridgehead atoms. The Balaban J connectivity index is 1.84. The van der Waals surface area contributed by atoms with Gasteiger partial charge in [-0.15, -0.1) is 0 Å². The van der Waals surface area contributed by atoms with Gasteiger partial charge in [0.25, 0.3) is 0 Å². The number of cyclic esters (lactones) is 1. The quantitative estimate of drug-likeness (QED) is 0.601. The summed E-state index contributed by atoms with van der Waals surface area (Å²) < 4.78 is 4.77. The predicted octanol–water partition coefficient (Wildman–Crippen LogP) is 3.43. The number of carbonyl (C=O) groups is 2. The predicted molar refractivity (Wildman–Crippen MR) is 92.5 cm³/mol. The molecule has 0 saturated heterocycles. The second kappa shape index (κ2) is 6.27. The van der Waals surface area contributed by atoms with Crippen molar-refractivity contribution in [1.82, 2.24) is 0 Å². The highest BCUT2D eigenvalue weighted by Gasteiger charge is 2.56. The van der Waals surface area contributed by atoms with E-state index in [1.54, 1.807) is 0 Å². The first-order valence-corrected chi connectivity index (χ1v) is 9.17. The molecule has 3 aliphatic rings. The standard InChI is InChI=1S/C20H28O5/c1-12-5-8-15-19(2,9-4-10-20(15,3)18(23)24)14(12)7-6-13-11-16(21)25-17(13)22/h5,11,14-15,17,22H,4,6-10H2,1-3H3,(H,23,24). The fourth-order valence-electron chi connectivity index (χ4n) is 5.59. The molecule has 5 nitrogen and oxygen atoms in total. The van der Waals surface area contributed by atoms with E-state index >= 15 is 0 Å². The van der Waals surface area contributed by atoms with Crippen LogP contribution >= 0.6 is 0 Å². The molecule has 1 heterocycles. The van der Waals surface area contributed by atoms with Gasteiger partial charge in [-0.05, 0) is 63.2 Å². The van der Waals surface area contributed by atoms with E-state index in [4.69, 9.17) is 4.74 Å². The lowest BCUT2D eigenvalue weighted by atomic mass is 9.47. The Morgan fingerprint density at radius 2 is 2.08 bits per heavy atom. The summed E-state index contributed by atoms with van der Waals surface area (Å²) in [5, 5.41) is 19.7. The van der Waals surface area contributed by atoms with Gasteiger partial charge in [0.15, 0.2) is 0 Å². The molecule has 3 rings (SSSR count). The van der Waals surface area contributed by atoms with Crippen LogP contribution in [0.3, 0.4) is 0 Å². The van der Waals surface area contributed by atoms with Gasteiger partial charge in [0.1, 0.15) is 0 Å². The summed E-state index contributed by atoms with van der Waals surface area (Å²) in [5.74, 6) is -0.809. The molecule has 5 unspecified atom stereocenters.